The first-order chi connectivity index (χ1) is 21.4. The van der Waals surface area contributed by atoms with Crippen LogP contribution in [0.15, 0.2) is 91.0 Å². The van der Waals surface area contributed by atoms with E-state index in [1.165, 1.54) is 11.3 Å². The number of nitrogens with zero attached hydrogens (tertiary/aromatic N) is 1. The van der Waals surface area contributed by atoms with Crippen LogP contribution in [0.5, 0.6) is 0 Å². The number of nitrogens with one attached hydrogen (secondary N) is 3. The molecule has 1 aliphatic heterocycles. The van der Waals surface area contributed by atoms with E-state index in [0.29, 0.717) is 17.8 Å². The van der Waals surface area contributed by atoms with Crippen LogP contribution in [0.4, 0.5) is 0 Å². The summed E-state index contributed by atoms with van der Waals surface area (Å²) in [7, 11) is 0. The number of benzene rings is 3. The summed E-state index contributed by atoms with van der Waals surface area (Å²) >= 11 is 1.39. The summed E-state index contributed by atoms with van der Waals surface area (Å²) in [4.78, 5) is 44.1. The molecule has 0 saturated carbocycles. The quantitative estimate of drug-likeness (QED) is 0.197. The fraction of sp³-hybridized carbons (Fsp3) is 0.343. The first-order valence-corrected chi connectivity index (χ1v) is 16.0. The zero-order valence-electron chi connectivity index (χ0n) is 25.1. The Morgan fingerprint density at radius 2 is 1.57 bits per heavy atom. The molecule has 0 aliphatic carbocycles. The smallest absolute Gasteiger partial charge is 0.262 e. The topological polar surface area (TPSA) is 99.8 Å². The average Bonchev–Trinajstić information content (AvgIpc) is 3.49. The molecule has 2 atom stereocenters. The van der Waals surface area contributed by atoms with Gasteiger partial charge in [-0.05, 0) is 48.5 Å². The molecule has 4 aromatic rings. The molecule has 230 valence electrons. The number of fused-ring (bicyclic) bond motifs is 1. The minimum absolute atomic E-state index is 0.248. The molecule has 0 unspecified atom stereocenters. The number of hydrogen-bond donors (Lipinski definition) is 3. The van der Waals surface area contributed by atoms with Gasteiger partial charge in [0.05, 0.1) is 18.1 Å². The maximum Gasteiger partial charge on any atom is 0.262 e. The molecule has 0 spiro atoms. The number of carbonyl (C=O) groups excluding carboxylic acids is 3. The Labute approximate surface area is 262 Å². The van der Waals surface area contributed by atoms with Crippen molar-refractivity contribution in [2.24, 2.45) is 0 Å². The molecular formula is C35H40N4O4S. The van der Waals surface area contributed by atoms with Crippen molar-refractivity contribution < 1.29 is 19.1 Å². The number of rotatable bonds is 13. The molecule has 3 aromatic carbocycles. The summed E-state index contributed by atoms with van der Waals surface area (Å²) in [5.41, 5.74) is 0.509. The lowest BCUT2D eigenvalue weighted by Crippen LogP contribution is -2.61. The molecule has 1 aliphatic rings. The predicted octanol–water partition coefficient (Wildman–Crippen LogP) is 4.20. The minimum atomic E-state index is -1.32. The summed E-state index contributed by atoms with van der Waals surface area (Å²) in [5, 5.41) is 10.0. The van der Waals surface area contributed by atoms with Crippen LogP contribution in [-0.4, -0.2) is 73.6 Å². The van der Waals surface area contributed by atoms with E-state index in [-0.39, 0.29) is 18.2 Å². The van der Waals surface area contributed by atoms with Gasteiger partial charge in [-0.1, -0.05) is 78.9 Å². The Balaban J connectivity index is 1.32. The Morgan fingerprint density at radius 3 is 2.27 bits per heavy atom. The first kappa shape index (κ1) is 31.4. The SMILES string of the molecule is C[C@@](Cc1ccccc1)(NC(=O)c1cc2ccccc2s1)C(=O)N[C@H](Cc1ccccc1)C(=O)NCCCN1CCOCC1. The van der Waals surface area contributed by atoms with Crippen molar-refractivity contribution in [3.05, 3.63) is 107 Å². The highest BCUT2D eigenvalue weighted by molar-refractivity contribution is 7.20. The van der Waals surface area contributed by atoms with Crippen molar-refractivity contribution in [3.8, 4) is 0 Å². The molecule has 1 fully saturated rings. The van der Waals surface area contributed by atoms with Gasteiger partial charge >= 0.3 is 0 Å². The number of amides is 3. The summed E-state index contributed by atoms with van der Waals surface area (Å²) in [6.07, 6.45) is 1.39. The van der Waals surface area contributed by atoms with Gasteiger partial charge in [0.1, 0.15) is 11.6 Å². The van der Waals surface area contributed by atoms with Gasteiger partial charge in [-0.15, -0.1) is 11.3 Å². The summed E-state index contributed by atoms with van der Waals surface area (Å²) in [6.45, 7) is 6.36. The van der Waals surface area contributed by atoms with E-state index >= 15 is 0 Å². The zero-order valence-corrected chi connectivity index (χ0v) is 25.9. The third-order valence-corrected chi connectivity index (χ3v) is 9.01. The Morgan fingerprint density at radius 1 is 0.909 bits per heavy atom. The van der Waals surface area contributed by atoms with Gasteiger partial charge in [0, 0.05) is 37.2 Å². The lowest BCUT2D eigenvalue weighted by molar-refractivity contribution is -0.132. The van der Waals surface area contributed by atoms with Crippen LogP contribution in [0.1, 0.15) is 34.1 Å². The number of carbonyl (C=O) groups is 3. The maximum atomic E-state index is 14.1. The highest BCUT2D eigenvalue weighted by Gasteiger charge is 2.38. The van der Waals surface area contributed by atoms with Crippen LogP contribution in [0.3, 0.4) is 0 Å². The molecule has 2 heterocycles. The second kappa shape index (κ2) is 15.1. The Kier molecular flexibility index (Phi) is 10.8. The van der Waals surface area contributed by atoms with Gasteiger partial charge < -0.3 is 20.7 Å². The van der Waals surface area contributed by atoms with Crippen molar-refractivity contribution in [3.63, 3.8) is 0 Å². The fourth-order valence-electron chi connectivity index (χ4n) is 5.43. The number of morpholine rings is 1. The van der Waals surface area contributed by atoms with E-state index in [1.807, 2.05) is 91.0 Å². The predicted molar refractivity (Wildman–Crippen MR) is 175 cm³/mol. The van der Waals surface area contributed by atoms with Gasteiger partial charge in [0.15, 0.2) is 0 Å². The van der Waals surface area contributed by atoms with E-state index in [1.54, 1.807) is 6.92 Å². The monoisotopic (exact) mass is 612 g/mol. The second-order valence-corrected chi connectivity index (χ2v) is 12.5. The zero-order chi connectivity index (χ0) is 30.8. The highest BCUT2D eigenvalue weighted by atomic mass is 32.1. The van der Waals surface area contributed by atoms with Crippen LogP contribution < -0.4 is 16.0 Å². The highest BCUT2D eigenvalue weighted by Crippen LogP contribution is 2.26. The largest absolute Gasteiger partial charge is 0.379 e. The molecule has 8 nitrogen and oxygen atoms in total. The number of hydrogen-bond acceptors (Lipinski definition) is 6. The minimum Gasteiger partial charge on any atom is -0.379 e. The van der Waals surface area contributed by atoms with Crippen molar-refractivity contribution in [2.75, 3.05) is 39.4 Å². The molecule has 3 amide bonds. The Bertz CT molecular complexity index is 1510. The average molecular weight is 613 g/mol. The molecule has 44 heavy (non-hydrogen) atoms. The standard InChI is InChI=1S/C35H40N4O4S/c1-35(25-27-13-6-3-7-14-27,38-33(41)31-24-28-15-8-9-16-30(28)44-31)34(42)37-29(23-26-11-4-2-5-12-26)32(40)36-17-10-18-39-19-21-43-22-20-39/h2-9,11-16,24,29H,10,17-23,25H2,1H3,(H,36,40)(H,37,42)(H,38,41)/t29-,35+/m1/s1. The van der Waals surface area contributed by atoms with E-state index in [4.69, 9.17) is 4.74 Å². The summed E-state index contributed by atoms with van der Waals surface area (Å²) < 4.78 is 6.42. The van der Waals surface area contributed by atoms with Gasteiger partial charge in [0.2, 0.25) is 11.8 Å². The van der Waals surface area contributed by atoms with Crippen LogP contribution in [-0.2, 0) is 27.2 Å². The van der Waals surface area contributed by atoms with Crippen LogP contribution in [0, 0.1) is 0 Å². The normalized spacial score (nSPS) is 15.7. The van der Waals surface area contributed by atoms with E-state index in [2.05, 4.69) is 20.9 Å². The molecule has 0 radical (unpaired) electrons. The van der Waals surface area contributed by atoms with Gasteiger partial charge in [-0.2, -0.15) is 0 Å². The molecule has 1 saturated heterocycles. The molecule has 5 rings (SSSR count). The second-order valence-electron chi connectivity index (χ2n) is 11.4. The van der Waals surface area contributed by atoms with Crippen molar-refractivity contribution >= 4 is 39.1 Å². The van der Waals surface area contributed by atoms with Crippen molar-refractivity contribution in [1.82, 2.24) is 20.9 Å². The van der Waals surface area contributed by atoms with Gasteiger partial charge in [-0.3, -0.25) is 19.3 Å². The van der Waals surface area contributed by atoms with E-state index in [0.717, 1.165) is 60.5 Å². The third-order valence-electron chi connectivity index (χ3n) is 7.90. The molecule has 3 N–H and O–H groups in total. The molecule has 1 aromatic heterocycles. The summed E-state index contributed by atoms with van der Waals surface area (Å²) in [5.74, 6) is -0.991. The lowest BCUT2D eigenvalue weighted by atomic mass is 9.90. The van der Waals surface area contributed by atoms with Crippen molar-refractivity contribution in [1.29, 1.82) is 0 Å². The number of ether oxygens (including phenoxy) is 1. The van der Waals surface area contributed by atoms with Crippen LogP contribution in [0.25, 0.3) is 10.1 Å². The first-order valence-electron chi connectivity index (χ1n) is 15.2. The molecular weight excluding hydrogens is 572 g/mol. The number of thiophene rings is 1. The Hall–Kier alpha value is -4.05. The fourth-order valence-corrected chi connectivity index (χ4v) is 6.39. The summed E-state index contributed by atoms with van der Waals surface area (Å²) in [6, 6.07) is 28.1. The van der Waals surface area contributed by atoms with Crippen molar-refractivity contribution in [2.45, 2.75) is 37.8 Å². The molecule has 9 heteroatoms. The third kappa shape index (κ3) is 8.53. The lowest BCUT2D eigenvalue weighted by Gasteiger charge is -2.32. The van der Waals surface area contributed by atoms with Crippen LogP contribution >= 0.6 is 11.3 Å². The van der Waals surface area contributed by atoms with Gasteiger partial charge in [0.25, 0.3) is 5.91 Å². The van der Waals surface area contributed by atoms with Gasteiger partial charge in [-0.25, -0.2) is 0 Å². The maximum absolute atomic E-state index is 14.1. The van der Waals surface area contributed by atoms with E-state index < -0.39 is 17.5 Å². The molecule has 0 bridgehead atoms. The van der Waals surface area contributed by atoms with Crippen LogP contribution in [0.2, 0.25) is 0 Å². The van der Waals surface area contributed by atoms with E-state index in [9.17, 15) is 14.4 Å².